The van der Waals surface area contributed by atoms with Gasteiger partial charge in [0.15, 0.2) is 0 Å². The summed E-state index contributed by atoms with van der Waals surface area (Å²) in [7, 11) is 3.33. The van der Waals surface area contributed by atoms with Crippen LogP contribution in [-0.2, 0) is 11.2 Å². The number of hydrazine groups is 1. The zero-order valence-corrected chi connectivity index (χ0v) is 9.75. The van der Waals surface area contributed by atoms with E-state index in [1.54, 1.807) is 14.2 Å². The van der Waals surface area contributed by atoms with Crippen molar-refractivity contribution in [3.63, 3.8) is 0 Å². The molecule has 0 fully saturated rings. The molecule has 4 heteroatoms. The van der Waals surface area contributed by atoms with Crippen molar-refractivity contribution in [3.05, 3.63) is 29.8 Å². The van der Waals surface area contributed by atoms with Crippen LogP contribution in [0.2, 0.25) is 0 Å². The Morgan fingerprint density at radius 3 is 2.94 bits per heavy atom. The zero-order valence-electron chi connectivity index (χ0n) is 9.75. The summed E-state index contributed by atoms with van der Waals surface area (Å²) < 4.78 is 5.13. The maximum absolute atomic E-state index is 11.2. The van der Waals surface area contributed by atoms with E-state index in [2.05, 4.69) is 10.9 Å². The lowest BCUT2D eigenvalue weighted by atomic mass is 10.1. The first-order valence-corrected chi connectivity index (χ1v) is 5.34. The molecule has 0 saturated carbocycles. The van der Waals surface area contributed by atoms with Crippen LogP contribution in [0, 0.1) is 0 Å². The molecule has 0 bridgehead atoms. The van der Waals surface area contributed by atoms with Gasteiger partial charge in [0.05, 0.1) is 7.11 Å². The third-order valence-corrected chi connectivity index (χ3v) is 2.27. The normalized spacial score (nSPS) is 9.88. The Bertz CT molecular complexity index is 340. The van der Waals surface area contributed by atoms with Crippen LogP contribution in [0.4, 0.5) is 0 Å². The van der Waals surface area contributed by atoms with E-state index in [9.17, 15) is 4.79 Å². The molecule has 2 N–H and O–H groups in total. The van der Waals surface area contributed by atoms with Crippen molar-refractivity contribution in [1.29, 1.82) is 0 Å². The van der Waals surface area contributed by atoms with Gasteiger partial charge in [0.1, 0.15) is 5.75 Å². The van der Waals surface area contributed by atoms with Crippen molar-refractivity contribution >= 4 is 5.91 Å². The molecule has 0 aliphatic rings. The third-order valence-electron chi connectivity index (χ3n) is 2.27. The molecule has 4 nitrogen and oxygen atoms in total. The highest BCUT2D eigenvalue weighted by Gasteiger charge is 2.00. The quantitative estimate of drug-likeness (QED) is 0.713. The summed E-state index contributed by atoms with van der Waals surface area (Å²) in [5, 5.41) is 0. The van der Waals surface area contributed by atoms with Crippen LogP contribution in [0.1, 0.15) is 18.4 Å². The number of ether oxygens (including phenoxy) is 1. The van der Waals surface area contributed by atoms with E-state index in [1.165, 1.54) is 5.56 Å². The Morgan fingerprint density at radius 2 is 2.25 bits per heavy atom. The van der Waals surface area contributed by atoms with Crippen molar-refractivity contribution in [2.75, 3.05) is 14.2 Å². The summed E-state index contributed by atoms with van der Waals surface area (Å²) in [4.78, 5) is 11.2. The lowest BCUT2D eigenvalue weighted by molar-refractivity contribution is -0.122. The van der Waals surface area contributed by atoms with Gasteiger partial charge in [-0.05, 0) is 30.5 Å². The fraction of sp³-hybridized carbons (Fsp3) is 0.417. The highest BCUT2D eigenvalue weighted by atomic mass is 16.5. The third kappa shape index (κ3) is 4.31. The van der Waals surface area contributed by atoms with E-state index in [-0.39, 0.29) is 5.91 Å². The van der Waals surface area contributed by atoms with Crippen molar-refractivity contribution in [2.24, 2.45) is 0 Å². The molecule has 0 aromatic heterocycles. The minimum Gasteiger partial charge on any atom is -0.497 e. The zero-order chi connectivity index (χ0) is 11.8. The molecule has 0 aliphatic carbocycles. The molecule has 0 atom stereocenters. The summed E-state index contributed by atoms with van der Waals surface area (Å²) in [6.07, 6.45) is 2.24. The van der Waals surface area contributed by atoms with Crippen molar-refractivity contribution in [2.45, 2.75) is 19.3 Å². The number of hydrogen-bond acceptors (Lipinski definition) is 3. The Labute approximate surface area is 96.0 Å². The number of nitrogens with one attached hydrogen (secondary N) is 2. The topological polar surface area (TPSA) is 50.4 Å². The highest BCUT2D eigenvalue weighted by molar-refractivity contribution is 5.75. The van der Waals surface area contributed by atoms with Gasteiger partial charge in [-0.25, -0.2) is 5.43 Å². The van der Waals surface area contributed by atoms with Crippen LogP contribution in [0.25, 0.3) is 0 Å². The Hall–Kier alpha value is -1.55. The minimum absolute atomic E-state index is 0.0189. The SMILES string of the molecule is CNNC(=O)CCCc1cccc(OC)c1. The average molecular weight is 222 g/mol. The number of benzene rings is 1. The van der Waals surface area contributed by atoms with Gasteiger partial charge in [0, 0.05) is 13.5 Å². The summed E-state index contributed by atoms with van der Waals surface area (Å²) in [6, 6.07) is 7.91. The predicted molar refractivity (Wildman–Crippen MR) is 63.1 cm³/mol. The summed E-state index contributed by atoms with van der Waals surface area (Å²) >= 11 is 0. The standard InChI is InChI=1S/C12H18N2O2/c1-13-14-12(15)8-4-6-10-5-3-7-11(9-10)16-2/h3,5,7,9,13H,4,6,8H2,1-2H3,(H,14,15). The van der Waals surface area contributed by atoms with Gasteiger partial charge in [-0.2, -0.15) is 0 Å². The van der Waals surface area contributed by atoms with Crippen LogP contribution < -0.4 is 15.6 Å². The Kier molecular flexibility index (Phi) is 5.36. The number of methoxy groups -OCH3 is 1. The van der Waals surface area contributed by atoms with Crippen molar-refractivity contribution in [3.8, 4) is 5.75 Å². The number of carbonyl (C=O) groups excluding carboxylic acids is 1. The van der Waals surface area contributed by atoms with E-state index in [1.807, 2.05) is 24.3 Å². The predicted octanol–water partition coefficient (Wildman–Crippen LogP) is 1.27. The van der Waals surface area contributed by atoms with E-state index in [0.29, 0.717) is 6.42 Å². The molecule has 1 amide bonds. The lowest BCUT2D eigenvalue weighted by Crippen LogP contribution is -2.33. The van der Waals surface area contributed by atoms with Gasteiger partial charge in [-0.1, -0.05) is 12.1 Å². The highest BCUT2D eigenvalue weighted by Crippen LogP contribution is 2.14. The number of carbonyl (C=O) groups is 1. The van der Waals surface area contributed by atoms with E-state index < -0.39 is 0 Å². The summed E-state index contributed by atoms with van der Waals surface area (Å²) in [5.41, 5.74) is 6.35. The summed E-state index contributed by atoms with van der Waals surface area (Å²) in [6.45, 7) is 0. The number of rotatable bonds is 6. The van der Waals surface area contributed by atoms with Crippen LogP contribution >= 0.6 is 0 Å². The smallest absolute Gasteiger partial charge is 0.234 e. The van der Waals surface area contributed by atoms with Crippen LogP contribution in [0.3, 0.4) is 0 Å². The van der Waals surface area contributed by atoms with E-state index in [4.69, 9.17) is 4.74 Å². The maximum atomic E-state index is 11.2. The number of hydrogen-bond donors (Lipinski definition) is 2. The fourth-order valence-electron chi connectivity index (χ4n) is 1.48. The average Bonchev–Trinajstić information content (AvgIpc) is 2.30. The Balaban J connectivity index is 2.34. The van der Waals surface area contributed by atoms with Crippen molar-refractivity contribution < 1.29 is 9.53 Å². The van der Waals surface area contributed by atoms with Gasteiger partial charge in [-0.15, -0.1) is 0 Å². The van der Waals surface area contributed by atoms with Crippen molar-refractivity contribution in [1.82, 2.24) is 10.9 Å². The number of amides is 1. The monoisotopic (exact) mass is 222 g/mol. The lowest BCUT2D eigenvalue weighted by Gasteiger charge is -2.05. The molecule has 1 aromatic carbocycles. The molecule has 0 saturated heterocycles. The van der Waals surface area contributed by atoms with Gasteiger partial charge in [0.25, 0.3) is 0 Å². The second-order valence-corrected chi connectivity index (χ2v) is 3.50. The van der Waals surface area contributed by atoms with Gasteiger partial charge in [0.2, 0.25) is 5.91 Å². The molecule has 0 aliphatic heterocycles. The molecule has 0 unspecified atom stereocenters. The first-order chi connectivity index (χ1) is 7.76. The van der Waals surface area contributed by atoms with Gasteiger partial charge in [-0.3, -0.25) is 10.2 Å². The van der Waals surface area contributed by atoms with E-state index in [0.717, 1.165) is 18.6 Å². The van der Waals surface area contributed by atoms with Crippen LogP contribution in [0.15, 0.2) is 24.3 Å². The molecule has 1 rings (SSSR count). The fourth-order valence-corrected chi connectivity index (χ4v) is 1.48. The summed E-state index contributed by atoms with van der Waals surface area (Å²) in [5.74, 6) is 0.877. The molecule has 0 heterocycles. The van der Waals surface area contributed by atoms with Gasteiger partial charge < -0.3 is 4.74 Å². The molecule has 0 spiro atoms. The van der Waals surface area contributed by atoms with Crippen LogP contribution in [0.5, 0.6) is 5.75 Å². The number of aryl methyl sites for hydroxylation is 1. The van der Waals surface area contributed by atoms with E-state index >= 15 is 0 Å². The minimum atomic E-state index is 0.0189. The van der Waals surface area contributed by atoms with Gasteiger partial charge >= 0.3 is 0 Å². The second kappa shape index (κ2) is 6.85. The van der Waals surface area contributed by atoms with Crippen LogP contribution in [-0.4, -0.2) is 20.1 Å². The molecule has 88 valence electrons. The maximum Gasteiger partial charge on any atom is 0.234 e. The second-order valence-electron chi connectivity index (χ2n) is 3.50. The molecule has 0 radical (unpaired) electrons. The first-order valence-electron chi connectivity index (χ1n) is 5.34. The Morgan fingerprint density at radius 1 is 1.44 bits per heavy atom. The molecule has 16 heavy (non-hydrogen) atoms. The molecule has 1 aromatic rings. The molecular formula is C12H18N2O2. The largest absolute Gasteiger partial charge is 0.497 e. The molecular weight excluding hydrogens is 204 g/mol. The first kappa shape index (κ1) is 12.5.